The monoisotopic (exact) mass is 378 g/mol. The summed E-state index contributed by atoms with van der Waals surface area (Å²) in [4.78, 5) is 27.3. The summed E-state index contributed by atoms with van der Waals surface area (Å²) in [5.41, 5.74) is 1.35. The molecule has 28 heavy (non-hydrogen) atoms. The average molecular weight is 378 g/mol. The fourth-order valence-corrected chi connectivity index (χ4v) is 3.64. The van der Waals surface area contributed by atoms with Gasteiger partial charge in [-0.15, -0.1) is 0 Å². The first-order chi connectivity index (χ1) is 13.5. The minimum Gasteiger partial charge on any atom is -0.422 e. The molecular formula is C22H22N2O4. The first-order valence-corrected chi connectivity index (χ1v) is 9.35. The lowest BCUT2D eigenvalue weighted by Crippen LogP contribution is -2.45. The van der Waals surface area contributed by atoms with Crippen LogP contribution in [0.5, 0.6) is 0 Å². The highest BCUT2D eigenvalue weighted by atomic mass is 16.5. The minimum atomic E-state index is -0.651. The van der Waals surface area contributed by atoms with E-state index in [4.69, 9.17) is 9.15 Å². The summed E-state index contributed by atoms with van der Waals surface area (Å²) in [6.07, 6.45) is 0.195. The van der Waals surface area contributed by atoms with E-state index in [0.29, 0.717) is 16.7 Å². The van der Waals surface area contributed by atoms with Crippen molar-refractivity contribution in [3.8, 4) is 0 Å². The highest BCUT2D eigenvalue weighted by Gasteiger charge is 2.24. The Labute approximate surface area is 162 Å². The number of benzene rings is 2. The van der Waals surface area contributed by atoms with Crippen molar-refractivity contribution in [3.63, 3.8) is 0 Å². The standard InChI is InChI=1S/C22H22N2O4/c1-14-12-24(13-15(2)27-14)19-9-5-4-8-18(19)23-21(25)17-11-16-7-3-6-10-20(16)28-22(17)26/h3-11,14-15H,12-13H2,1-2H3,(H,23,25)/t14-,15-/m1/s1. The van der Waals surface area contributed by atoms with Crippen LogP contribution in [0.1, 0.15) is 24.2 Å². The van der Waals surface area contributed by atoms with Crippen molar-refractivity contribution in [3.05, 3.63) is 70.6 Å². The molecule has 1 saturated heterocycles. The molecule has 0 unspecified atom stereocenters. The Kier molecular flexibility index (Phi) is 4.88. The molecule has 1 N–H and O–H groups in total. The zero-order valence-electron chi connectivity index (χ0n) is 15.8. The molecule has 0 saturated carbocycles. The highest BCUT2D eigenvalue weighted by Crippen LogP contribution is 2.29. The summed E-state index contributed by atoms with van der Waals surface area (Å²) in [7, 11) is 0. The number of para-hydroxylation sites is 3. The van der Waals surface area contributed by atoms with Gasteiger partial charge >= 0.3 is 5.63 Å². The van der Waals surface area contributed by atoms with E-state index in [1.165, 1.54) is 0 Å². The van der Waals surface area contributed by atoms with Gasteiger partial charge in [0.15, 0.2) is 0 Å². The van der Waals surface area contributed by atoms with Crippen LogP contribution in [0.25, 0.3) is 11.0 Å². The van der Waals surface area contributed by atoms with E-state index in [0.717, 1.165) is 18.8 Å². The maximum Gasteiger partial charge on any atom is 0.349 e. The van der Waals surface area contributed by atoms with Crippen molar-refractivity contribution in [1.29, 1.82) is 0 Å². The molecule has 6 nitrogen and oxygen atoms in total. The number of fused-ring (bicyclic) bond motifs is 1. The Morgan fingerprint density at radius 2 is 1.71 bits per heavy atom. The Bertz CT molecular complexity index is 1070. The topological polar surface area (TPSA) is 71.8 Å². The van der Waals surface area contributed by atoms with Crippen molar-refractivity contribution in [1.82, 2.24) is 0 Å². The molecule has 0 bridgehead atoms. The average Bonchev–Trinajstić information content (AvgIpc) is 2.67. The molecule has 6 heteroatoms. The molecule has 2 heterocycles. The molecule has 1 aromatic heterocycles. The predicted octanol–water partition coefficient (Wildman–Crippen LogP) is 3.66. The van der Waals surface area contributed by atoms with Crippen molar-refractivity contribution >= 4 is 28.3 Å². The van der Waals surface area contributed by atoms with E-state index in [1.54, 1.807) is 24.3 Å². The van der Waals surface area contributed by atoms with Gasteiger partial charge in [0.2, 0.25) is 0 Å². The van der Waals surface area contributed by atoms with Gasteiger partial charge in [-0.05, 0) is 38.1 Å². The molecule has 4 rings (SSSR count). The van der Waals surface area contributed by atoms with Gasteiger partial charge < -0.3 is 19.4 Å². The Hall–Kier alpha value is -3.12. The van der Waals surface area contributed by atoms with E-state index in [2.05, 4.69) is 10.2 Å². The molecular weight excluding hydrogens is 356 g/mol. The van der Waals surface area contributed by atoms with Gasteiger partial charge in [-0.3, -0.25) is 4.79 Å². The van der Waals surface area contributed by atoms with E-state index in [1.807, 2.05) is 44.2 Å². The first-order valence-electron chi connectivity index (χ1n) is 9.35. The molecule has 3 aromatic rings. The van der Waals surface area contributed by atoms with E-state index in [-0.39, 0.29) is 17.8 Å². The van der Waals surface area contributed by atoms with Crippen LogP contribution in [0.15, 0.2) is 63.8 Å². The second-order valence-electron chi connectivity index (χ2n) is 7.12. The lowest BCUT2D eigenvalue weighted by Gasteiger charge is -2.37. The Morgan fingerprint density at radius 1 is 1.04 bits per heavy atom. The molecule has 0 spiro atoms. The smallest absolute Gasteiger partial charge is 0.349 e. The second-order valence-corrected chi connectivity index (χ2v) is 7.12. The van der Waals surface area contributed by atoms with Gasteiger partial charge in [0.1, 0.15) is 11.1 Å². The summed E-state index contributed by atoms with van der Waals surface area (Å²) in [5.74, 6) is -0.485. The van der Waals surface area contributed by atoms with Crippen LogP contribution in [-0.4, -0.2) is 31.2 Å². The van der Waals surface area contributed by atoms with Gasteiger partial charge in [-0.1, -0.05) is 30.3 Å². The van der Waals surface area contributed by atoms with Crippen LogP contribution in [0.2, 0.25) is 0 Å². The fraction of sp³-hybridized carbons (Fsp3) is 0.273. The van der Waals surface area contributed by atoms with Crippen LogP contribution in [0.3, 0.4) is 0 Å². The minimum absolute atomic E-state index is 0.0165. The molecule has 0 aliphatic carbocycles. The van der Waals surface area contributed by atoms with Gasteiger partial charge in [0.25, 0.3) is 5.91 Å². The SMILES string of the molecule is C[C@@H]1CN(c2ccccc2NC(=O)c2cc3ccccc3oc2=O)C[C@@H](C)O1. The van der Waals surface area contributed by atoms with Crippen LogP contribution in [0.4, 0.5) is 11.4 Å². The van der Waals surface area contributed by atoms with Crippen LogP contribution < -0.4 is 15.8 Å². The summed E-state index contributed by atoms with van der Waals surface area (Å²) in [6, 6.07) is 16.3. The summed E-state index contributed by atoms with van der Waals surface area (Å²) in [5, 5.41) is 3.58. The van der Waals surface area contributed by atoms with E-state index < -0.39 is 11.5 Å². The normalized spacial score (nSPS) is 19.6. The molecule has 2 atom stereocenters. The number of hydrogen-bond donors (Lipinski definition) is 1. The van der Waals surface area contributed by atoms with Crippen LogP contribution >= 0.6 is 0 Å². The van der Waals surface area contributed by atoms with Crippen LogP contribution in [0, 0.1) is 0 Å². The van der Waals surface area contributed by atoms with Gasteiger partial charge in [-0.2, -0.15) is 0 Å². The number of anilines is 2. The summed E-state index contributed by atoms with van der Waals surface area (Å²) >= 11 is 0. The molecule has 2 aromatic carbocycles. The number of hydrogen-bond acceptors (Lipinski definition) is 5. The number of nitrogens with zero attached hydrogens (tertiary/aromatic N) is 1. The lowest BCUT2D eigenvalue weighted by molar-refractivity contribution is -0.00517. The lowest BCUT2D eigenvalue weighted by atomic mass is 10.1. The van der Waals surface area contributed by atoms with Gasteiger partial charge in [0.05, 0.1) is 23.6 Å². The van der Waals surface area contributed by atoms with Crippen molar-refractivity contribution in [2.75, 3.05) is 23.3 Å². The third-order valence-corrected chi connectivity index (χ3v) is 4.80. The number of carbonyl (C=O) groups excluding carboxylic acids is 1. The number of amides is 1. The maximum absolute atomic E-state index is 12.8. The second kappa shape index (κ2) is 7.48. The van der Waals surface area contributed by atoms with Crippen LogP contribution in [-0.2, 0) is 4.74 Å². The van der Waals surface area contributed by atoms with Gasteiger partial charge in [0, 0.05) is 18.5 Å². The molecule has 1 fully saturated rings. The third kappa shape index (κ3) is 3.64. The van der Waals surface area contributed by atoms with Crippen molar-refractivity contribution in [2.45, 2.75) is 26.1 Å². The highest BCUT2D eigenvalue weighted by molar-refractivity contribution is 6.07. The zero-order chi connectivity index (χ0) is 19.7. The van der Waals surface area contributed by atoms with Crippen molar-refractivity contribution in [2.24, 2.45) is 0 Å². The number of morpholine rings is 1. The summed E-state index contributed by atoms with van der Waals surface area (Å²) < 4.78 is 11.1. The molecule has 1 amide bonds. The Morgan fingerprint density at radius 3 is 2.50 bits per heavy atom. The molecule has 144 valence electrons. The fourth-order valence-electron chi connectivity index (χ4n) is 3.64. The van der Waals surface area contributed by atoms with Crippen molar-refractivity contribution < 1.29 is 13.9 Å². The Balaban J connectivity index is 1.64. The number of carbonyl (C=O) groups is 1. The maximum atomic E-state index is 12.8. The van der Waals surface area contributed by atoms with E-state index in [9.17, 15) is 9.59 Å². The molecule has 0 radical (unpaired) electrons. The van der Waals surface area contributed by atoms with E-state index >= 15 is 0 Å². The molecule has 1 aliphatic heterocycles. The zero-order valence-corrected chi connectivity index (χ0v) is 15.8. The number of nitrogens with one attached hydrogen (secondary N) is 1. The quantitative estimate of drug-likeness (QED) is 0.704. The first kappa shape index (κ1) is 18.3. The summed E-state index contributed by atoms with van der Waals surface area (Å²) in [6.45, 7) is 5.53. The predicted molar refractivity (Wildman–Crippen MR) is 109 cm³/mol. The molecule has 1 aliphatic rings. The number of ether oxygens (including phenoxy) is 1. The largest absolute Gasteiger partial charge is 0.422 e. The number of rotatable bonds is 3. The third-order valence-electron chi connectivity index (χ3n) is 4.80. The van der Waals surface area contributed by atoms with Gasteiger partial charge in [-0.25, -0.2) is 4.79 Å².